The number of ether oxygens (including phenoxy) is 1. The van der Waals surface area contributed by atoms with Crippen molar-refractivity contribution in [2.24, 2.45) is 11.8 Å². The summed E-state index contributed by atoms with van der Waals surface area (Å²) in [6.45, 7) is 0. The van der Waals surface area contributed by atoms with E-state index in [0.717, 1.165) is 36.3 Å². The Bertz CT molecular complexity index is 967. The van der Waals surface area contributed by atoms with Gasteiger partial charge in [0.15, 0.2) is 0 Å². The van der Waals surface area contributed by atoms with Crippen LogP contribution in [0, 0.1) is 11.8 Å². The van der Waals surface area contributed by atoms with Crippen LogP contribution in [0.1, 0.15) is 25.7 Å². The molecule has 0 aliphatic heterocycles. The summed E-state index contributed by atoms with van der Waals surface area (Å²) in [4.78, 5) is 0. The topological polar surface area (TPSA) is 81.0 Å². The van der Waals surface area contributed by atoms with Gasteiger partial charge in [0.2, 0.25) is 5.88 Å². The molecule has 2 aliphatic carbocycles. The molecular formula is C20H19FN4O2S. The first kappa shape index (κ1) is 17.5. The Hall–Kier alpha value is -2.61. The first-order valence-electron chi connectivity index (χ1n) is 9.42. The molecule has 2 fully saturated rings. The highest BCUT2D eigenvalue weighted by Crippen LogP contribution is 2.44. The van der Waals surface area contributed by atoms with Crippen LogP contribution in [-0.4, -0.2) is 37.8 Å². The highest BCUT2D eigenvalue weighted by atomic mass is 32.1. The van der Waals surface area contributed by atoms with E-state index in [1.54, 1.807) is 29.8 Å². The number of phenols is 1. The van der Waals surface area contributed by atoms with Crippen molar-refractivity contribution in [1.29, 1.82) is 0 Å². The third kappa shape index (κ3) is 3.22. The van der Waals surface area contributed by atoms with E-state index in [4.69, 9.17) is 4.74 Å². The Kier molecular flexibility index (Phi) is 4.43. The lowest BCUT2D eigenvalue weighted by Crippen LogP contribution is -2.38. The summed E-state index contributed by atoms with van der Waals surface area (Å²) in [5.41, 5.74) is 3.52. The Balaban J connectivity index is 1.32. The van der Waals surface area contributed by atoms with E-state index in [1.165, 1.54) is 11.3 Å². The van der Waals surface area contributed by atoms with Crippen molar-refractivity contribution in [2.45, 2.75) is 38.0 Å². The summed E-state index contributed by atoms with van der Waals surface area (Å²) >= 11 is 1.40. The molecular weight excluding hydrogens is 379 g/mol. The normalized spacial score (nSPS) is 26.3. The van der Waals surface area contributed by atoms with E-state index in [1.807, 2.05) is 6.07 Å². The van der Waals surface area contributed by atoms with Gasteiger partial charge in [-0.2, -0.15) is 0 Å². The highest BCUT2D eigenvalue weighted by Gasteiger charge is 2.43. The molecule has 8 heteroatoms. The second kappa shape index (κ2) is 7.09. The Morgan fingerprint density at radius 1 is 1.07 bits per heavy atom. The van der Waals surface area contributed by atoms with Gasteiger partial charge in [0, 0.05) is 17.2 Å². The van der Waals surface area contributed by atoms with Crippen molar-refractivity contribution in [2.75, 3.05) is 0 Å². The maximum atomic E-state index is 14.6. The number of halogens is 1. The number of benzene rings is 1. The van der Waals surface area contributed by atoms with Crippen LogP contribution in [0.4, 0.5) is 4.39 Å². The summed E-state index contributed by atoms with van der Waals surface area (Å²) in [6, 6.07) is 8.67. The van der Waals surface area contributed by atoms with Crippen molar-refractivity contribution in [3.8, 4) is 33.5 Å². The van der Waals surface area contributed by atoms with Crippen LogP contribution in [0.5, 0.6) is 11.6 Å². The fourth-order valence-corrected chi connectivity index (χ4v) is 4.91. The highest BCUT2D eigenvalue weighted by molar-refractivity contribution is 7.12. The van der Waals surface area contributed by atoms with Gasteiger partial charge in [-0.1, -0.05) is 17.4 Å². The van der Waals surface area contributed by atoms with Gasteiger partial charge < -0.3 is 9.84 Å². The van der Waals surface area contributed by atoms with Gasteiger partial charge in [-0.25, -0.2) is 4.39 Å². The van der Waals surface area contributed by atoms with Crippen LogP contribution in [0.25, 0.3) is 21.8 Å². The fraction of sp³-hybridized carbons (Fsp3) is 0.400. The van der Waals surface area contributed by atoms with Gasteiger partial charge >= 0.3 is 0 Å². The Morgan fingerprint density at radius 3 is 2.75 bits per heavy atom. The molecule has 0 saturated heterocycles. The number of nitrogens with zero attached hydrogens (tertiary/aromatic N) is 4. The van der Waals surface area contributed by atoms with Crippen molar-refractivity contribution in [3.05, 3.63) is 35.8 Å². The zero-order valence-electron chi connectivity index (χ0n) is 15.0. The molecule has 2 heterocycles. The molecule has 0 spiro atoms. The first-order chi connectivity index (χ1) is 13.7. The predicted molar refractivity (Wildman–Crippen MR) is 103 cm³/mol. The lowest BCUT2D eigenvalue weighted by molar-refractivity contribution is 0.0223. The first-order valence-corrected chi connectivity index (χ1v) is 10.3. The standard InChI is InChI=1S/C20H19FN4O2S/c21-19-12-2-1-11(7-12)8-17(19)27-18-6-5-15(23-24-18)14-4-3-13(9-16(14)26)20-25-22-10-28-20/h3-6,9-12,17,19,26H,1-2,7-8H2/t11-,12+,17+,19-/m1/s1. The molecule has 2 aromatic heterocycles. The predicted octanol–water partition coefficient (Wildman–Crippen LogP) is 4.27. The largest absolute Gasteiger partial charge is 0.507 e. The number of alkyl halides is 1. The van der Waals surface area contributed by atoms with Crippen LogP contribution < -0.4 is 4.74 Å². The Labute approximate surface area is 165 Å². The van der Waals surface area contributed by atoms with E-state index in [0.29, 0.717) is 23.1 Å². The molecule has 5 rings (SSSR count). The smallest absolute Gasteiger partial charge is 0.233 e. The van der Waals surface area contributed by atoms with Gasteiger partial charge in [0.05, 0.1) is 5.69 Å². The molecule has 28 heavy (non-hydrogen) atoms. The number of aromatic nitrogens is 4. The Morgan fingerprint density at radius 2 is 2.00 bits per heavy atom. The lowest BCUT2D eigenvalue weighted by Gasteiger charge is -2.31. The van der Waals surface area contributed by atoms with E-state index < -0.39 is 12.3 Å². The summed E-state index contributed by atoms with van der Waals surface area (Å²) in [5.74, 6) is 1.10. The second-order valence-corrected chi connectivity index (χ2v) is 8.34. The molecule has 1 aromatic carbocycles. The van der Waals surface area contributed by atoms with Crippen molar-refractivity contribution in [1.82, 2.24) is 20.4 Å². The molecule has 2 saturated carbocycles. The molecule has 6 nitrogen and oxygen atoms in total. The van der Waals surface area contributed by atoms with E-state index in [-0.39, 0.29) is 11.7 Å². The zero-order chi connectivity index (χ0) is 19.1. The molecule has 2 bridgehead atoms. The number of phenolic OH excluding ortho intramolecular Hbond substituents is 1. The van der Waals surface area contributed by atoms with Crippen LogP contribution in [0.3, 0.4) is 0 Å². The van der Waals surface area contributed by atoms with Gasteiger partial charge in [0.1, 0.15) is 28.5 Å². The maximum absolute atomic E-state index is 14.6. The van der Waals surface area contributed by atoms with Gasteiger partial charge in [-0.15, -0.1) is 20.4 Å². The average Bonchev–Trinajstić information content (AvgIpc) is 3.37. The van der Waals surface area contributed by atoms with Crippen LogP contribution in [0.15, 0.2) is 35.8 Å². The van der Waals surface area contributed by atoms with Gasteiger partial charge in [0.25, 0.3) is 0 Å². The minimum Gasteiger partial charge on any atom is -0.507 e. The number of aromatic hydroxyl groups is 1. The molecule has 0 amide bonds. The van der Waals surface area contributed by atoms with Gasteiger partial charge in [-0.05, 0) is 55.7 Å². The summed E-state index contributed by atoms with van der Waals surface area (Å²) in [6.07, 6.45) is 2.42. The SMILES string of the molecule is Oc1cc(-c2nncs2)ccc1-c1ccc(O[C@H]2C[C@@H]3CC[C@@H](C3)[C@H]2F)nn1. The minimum absolute atomic E-state index is 0.0864. The maximum Gasteiger partial charge on any atom is 0.233 e. The molecule has 3 aromatic rings. The second-order valence-electron chi connectivity index (χ2n) is 7.51. The number of hydrogen-bond donors (Lipinski definition) is 1. The number of fused-ring (bicyclic) bond motifs is 2. The number of hydrogen-bond acceptors (Lipinski definition) is 7. The fourth-order valence-electron chi connectivity index (χ4n) is 4.35. The van der Waals surface area contributed by atoms with Crippen molar-refractivity contribution in [3.63, 3.8) is 0 Å². The monoisotopic (exact) mass is 398 g/mol. The zero-order valence-corrected chi connectivity index (χ0v) is 15.8. The lowest BCUT2D eigenvalue weighted by atomic mass is 9.85. The average molecular weight is 398 g/mol. The summed E-state index contributed by atoms with van der Waals surface area (Å²) < 4.78 is 20.4. The molecule has 144 valence electrons. The van der Waals surface area contributed by atoms with E-state index in [2.05, 4.69) is 20.4 Å². The van der Waals surface area contributed by atoms with Crippen molar-refractivity contribution < 1.29 is 14.2 Å². The number of rotatable bonds is 4. The van der Waals surface area contributed by atoms with E-state index in [9.17, 15) is 9.50 Å². The van der Waals surface area contributed by atoms with Crippen LogP contribution in [0.2, 0.25) is 0 Å². The molecule has 2 aliphatic rings. The molecule has 4 atom stereocenters. The molecule has 0 unspecified atom stereocenters. The minimum atomic E-state index is -0.933. The third-order valence-electron chi connectivity index (χ3n) is 5.75. The van der Waals surface area contributed by atoms with E-state index >= 15 is 0 Å². The van der Waals surface area contributed by atoms with Gasteiger partial charge in [-0.3, -0.25) is 0 Å². The van der Waals surface area contributed by atoms with Crippen LogP contribution >= 0.6 is 11.3 Å². The van der Waals surface area contributed by atoms with Crippen molar-refractivity contribution >= 4 is 11.3 Å². The quantitative estimate of drug-likeness (QED) is 0.707. The van der Waals surface area contributed by atoms with Crippen LogP contribution in [-0.2, 0) is 0 Å². The third-order valence-corrected chi connectivity index (χ3v) is 6.49. The summed E-state index contributed by atoms with van der Waals surface area (Å²) in [7, 11) is 0. The molecule has 0 radical (unpaired) electrons. The summed E-state index contributed by atoms with van der Waals surface area (Å²) in [5, 5.41) is 27.2. The molecule has 1 N–H and O–H groups in total.